The van der Waals surface area contributed by atoms with Gasteiger partial charge in [-0.05, 0) is 18.4 Å². The molecular formula is C10H19ClN4O2S. The topological polar surface area (TPSA) is 81.2 Å². The van der Waals surface area contributed by atoms with Crippen molar-refractivity contribution in [2.24, 2.45) is 18.2 Å². The molecule has 1 aromatic heterocycles. The summed E-state index contributed by atoms with van der Waals surface area (Å²) in [6.45, 7) is 3.55. The second-order valence-corrected chi connectivity index (χ2v) is 6.89. The van der Waals surface area contributed by atoms with Crippen molar-refractivity contribution in [3.8, 4) is 0 Å². The predicted octanol–water partition coefficient (Wildman–Crippen LogP) is 0.201. The summed E-state index contributed by atoms with van der Waals surface area (Å²) in [7, 11) is -1.70. The van der Waals surface area contributed by atoms with Crippen molar-refractivity contribution in [3.63, 3.8) is 0 Å². The normalized spacial score (nSPS) is 25.1. The molecule has 0 radical (unpaired) electrons. The summed E-state index contributed by atoms with van der Waals surface area (Å²) in [5.74, 6) is 0. The molecule has 1 aliphatic rings. The number of hydrogen-bond donors (Lipinski definition) is 1. The summed E-state index contributed by atoms with van der Waals surface area (Å²) < 4.78 is 27.6. The number of aromatic nitrogens is 2. The van der Waals surface area contributed by atoms with Crippen LogP contribution in [0.25, 0.3) is 0 Å². The highest BCUT2D eigenvalue weighted by Crippen LogP contribution is 2.32. The van der Waals surface area contributed by atoms with Crippen LogP contribution in [-0.2, 0) is 17.1 Å². The fourth-order valence-corrected chi connectivity index (χ4v) is 3.61. The summed E-state index contributed by atoms with van der Waals surface area (Å²) in [6, 6.07) is 0. The Labute approximate surface area is 114 Å². The molecule has 1 unspecified atom stereocenters. The average Bonchev–Trinajstić information content (AvgIpc) is 2.86. The van der Waals surface area contributed by atoms with E-state index in [0.717, 1.165) is 6.42 Å². The summed E-state index contributed by atoms with van der Waals surface area (Å²) in [4.78, 5) is 0.251. The molecule has 0 spiro atoms. The van der Waals surface area contributed by atoms with Crippen LogP contribution in [0.3, 0.4) is 0 Å². The number of hydrogen-bond acceptors (Lipinski definition) is 4. The molecule has 8 heteroatoms. The van der Waals surface area contributed by atoms with E-state index in [2.05, 4.69) is 5.10 Å². The molecule has 104 valence electrons. The Kier molecular flexibility index (Phi) is 4.42. The van der Waals surface area contributed by atoms with Gasteiger partial charge in [0.15, 0.2) is 0 Å². The number of nitrogens with zero attached hydrogens (tertiary/aromatic N) is 3. The predicted molar refractivity (Wildman–Crippen MR) is 71.0 cm³/mol. The smallest absolute Gasteiger partial charge is 0.246 e. The van der Waals surface area contributed by atoms with E-state index in [1.807, 2.05) is 6.92 Å². The molecule has 1 aromatic rings. The van der Waals surface area contributed by atoms with Crippen molar-refractivity contribution >= 4 is 22.4 Å². The van der Waals surface area contributed by atoms with Gasteiger partial charge in [0.2, 0.25) is 10.0 Å². The highest BCUT2D eigenvalue weighted by atomic mass is 35.5. The lowest BCUT2D eigenvalue weighted by molar-refractivity contribution is 0.349. The summed E-state index contributed by atoms with van der Waals surface area (Å²) in [5, 5.41) is 3.90. The maximum atomic E-state index is 12.3. The van der Waals surface area contributed by atoms with Gasteiger partial charge in [0.1, 0.15) is 4.90 Å². The molecule has 6 nitrogen and oxygen atoms in total. The van der Waals surface area contributed by atoms with Crippen LogP contribution in [0.1, 0.15) is 13.3 Å². The molecule has 1 aliphatic heterocycles. The molecule has 1 atom stereocenters. The third-order valence-corrected chi connectivity index (χ3v) is 5.13. The van der Waals surface area contributed by atoms with Gasteiger partial charge in [0.05, 0.1) is 6.20 Å². The Morgan fingerprint density at radius 3 is 2.67 bits per heavy atom. The monoisotopic (exact) mass is 294 g/mol. The highest BCUT2D eigenvalue weighted by Gasteiger charge is 2.39. The molecule has 0 aliphatic carbocycles. The van der Waals surface area contributed by atoms with Crippen LogP contribution in [0.4, 0.5) is 0 Å². The summed E-state index contributed by atoms with van der Waals surface area (Å²) in [5.41, 5.74) is 5.58. The van der Waals surface area contributed by atoms with E-state index in [1.165, 1.54) is 21.4 Å². The van der Waals surface area contributed by atoms with Crippen molar-refractivity contribution < 1.29 is 8.42 Å². The fourth-order valence-electron chi connectivity index (χ4n) is 2.03. The van der Waals surface area contributed by atoms with Gasteiger partial charge in [-0.25, -0.2) is 8.42 Å². The van der Waals surface area contributed by atoms with E-state index in [0.29, 0.717) is 19.6 Å². The first-order valence-electron chi connectivity index (χ1n) is 5.56. The Morgan fingerprint density at radius 2 is 2.22 bits per heavy atom. The van der Waals surface area contributed by atoms with Crippen LogP contribution in [0, 0.1) is 5.41 Å². The van der Waals surface area contributed by atoms with Crippen molar-refractivity contribution in [2.45, 2.75) is 18.2 Å². The third-order valence-electron chi connectivity index (χ3n) is 3.33. The summed E-state index contributed by atoms with van der Waals surface area (Å²) in [6.07, 6.45) is 3.71. The minimum absolute atomic E-state index is 0. The molecule has 0 bridgehead atoms. The number of halogens is 1. The van der Waals surface area contributed by atoms with E-state index in [1.54, 1.807) is 7.05 Å². The van der Waals surface area contributed by atoms with E-state index in [9.17, 15) is 8.42 Å². The van der Waals surface area contributed by atoms with Crippen LogP contribution in [-0.4, -0.2) is 42.1 Å². The van der Waals surface area contributed by atoms with Gasteiger partial charge in [-0.1, -0.05) is 6.92 Å². The Hall–Kier alpha value is -0.630. The van der Waals surface area contributed by atoms with Crippen LogP contribution >= 0.6 is 12.4 Å². The zero-order valence-corrected chi connectivity index (χ0v) is 12.2. The van der Waals surface area contributed by atoms with E-state index < -0.39 is 10.0 Å². The van der Waals surface area contributed by atoms with Gasteiger partial charge in [-0.2, -0.15) is 9.40 Å². The molecule has 2 N–H and O–H groups in total. The Bertz CT molecular complexity index is 516. The van der Waals surface area contributed by atoms with E-state index in [4.69, 9.17) is 5.73 Å². The highest BCUT2D eigenvalue weighted by molar-refractivity contribution is 7.89. The standard InChI is InChI=1S/C10H18N4O2S.ClH/c1-10(7-11)3-4-14(8-10)17(15,16)9-5-12-13(2)6-9;/h5-6H,3-4,7-8,11H2,1-2H3;1H. The zero-order chi connectivity index (χ0) is 12.7. The molecule has 0 saturated carbocycles. The van der Waals surface area contributed by atoms with Crippen LogP contribution in [0.2, 0.25) is 0 Å². The van der Waals surface area contributed by atoms with Crippen molar-refractivity contribution in [1.29, 1.82) is 0 Å². The fraction of sp³-hybridized carbons (Fsp3) is 0.700. The van der Waals surface area contributed by atoms with E-state index in [-0.39, 0.29) is 22.7 Å². The van der Waals surface area contributed by atoms with Crippen LogP contribution < -0.4 is 5.73 Å². The number of nitrogens with two attached hydrogens (primary N) is 1. The second-order valence-electron chi connectivity index (χ2n) is 4.95. The SMILES string of the molecule is Cl.Cn1cc(S(=O)(=O)N2CCC(C)(CN)C2)cn1. The third kappa shape index (κ3) is 2.69. The van der Waals surface area contributed by atoms with Gasteiger partial charge in [0.25, 0.3) is 0 Å². The Morgan fingerprint density at radius 1 is 1.56 bits per heavy atom. The maximum Gasteiger partial charge on any atom is 0.246 e. The minimum atomic E-state index is -3.40. The number of aryl methyl sites for hydroxylation is 1. The van der Waals surface area contributed by atoms with Gasteiger partial charge in [0, 0.05) is 26.3 Å². The molecule has 0 aromatic carbocycles. The van der Waals surface area contributed by atoms with Crippen LogP contribution in [0.15, 0.2) is 17.3 Å². The van der Waals surface area contributed by atoms with Crippen LogP contribution in [0.5, 0.6) is 0 Å². The lowest BCUT2D eigenvalue weighted by Crippen LogP contribution is -2.34. The van der Waals surface area contributed by atoms with Crippen molar-refractivity contribution in [3.05, 3.63) is 12.4 Å². The maximum absolute atomic E-state index is 12.3. The number of rotatable bonds is 3. The van der Waals surface area contributed by atoms with E-state index >= 15 is 0 Å². The lowest BCUT2D eigenvalue weighted by Gasteiger charge is -2.21. The van der Waals surface area contributed by atoms with Gasteiger partial charge >= 0.3 is 0 Å². The quantitative estimate of drug-likeness (QED) is 0.863. The largest absolute Gasteiger partial charge is 0.330 e. The van der Waals surface area contributed by atoms with Gasteiger partial charge in [-0.3, -0.25) is 4.68 Å². The molecule has 1 fully saturated rings. The molecule has 2 heterocycles. The van der Waals surface area contributed by atoms with Gasteiger partial charge < -0.3 is 5.73 Å². The first-order valence-corrected chi connectivity index (χ1v) is 7.00. The molecular weight excluding hydrogens is 276 g/mol. The molecule has 1 saturated heterocycles. The first-order chi connectivity index (χ1) is 7.87. The number of sulfonamides is 1. The molecule has 0 amide bonds. The lowest BCUT2D eigenvalue weighted by atomic mass is 9.90. The Balaban J connectivity index is 0.00000162. The second kappa shape index (κ2) is 5.16. The first kappa shape index (κ1) is 15.4. The van der Waals surface area contributed by atoms with Gasteiger partial charge in [-0.15, -0.1) is 12.4 Å². The molecule has 2 rings (SSSR count). The minimum Gasteiger partial charge on any atom is -0.330 e. The molecule has 18 heavy (non-hydrogen) atoms. The zero-order valence-electron chi connectivity index (χ0n) is 10.5. The van der Waals surface area contributed by atoms with Crippen molar-refractivity contribution in [1.82, 2.24) is 14.1 Å². The average molecular weight is 295 g/mol. The van der Waals surface area contributed by atoms with Crippen molar-refractivity contribution in [2.75, 3.05) is 19.6 Å². The summed E-state index contributed by atoms with van der Waals surface area (Å²) >= 11 is 0.